The van der Waals surface area contributed by atoms with Crippen LogP contribution >= 0.6 is 0 Å². The average Bonchev–Trinajstić information content (AvgIpc) is 2.62. The lowest BCUT2D eigenvalue weighted by Crippen LogP contribution is -2.26. The van der Waals surface area contributed by atoms with Crippen LogP contribution in [0.3, 0.4) is 0 Å². The molecule has 130 valence electrons. The van der Waals surface area contributed by atoms with Crippen LogP contribution < -0.4 is 5.32 Å². The van der Waals surface area contributed by atoms with Gasteiger partial charge in [-0.1, -0.05) is 30.3 Å². The first kappa shape index (κ1) is 18.1. The summed E-state index contributed by atoms with van der Waals surface area (Å²) in [4.78, 5) is 33.8. The van der Waals surface area contributed by atoms with Gasteiger partial charge in [0.05, 0.1) is 11.3 Å². The molecule has 7 nitrogen and oxygen atoms in total. The highest BCUT2D eigenvalue weighted by atomic mass is 16.6. The molecule has 0 saturated carbocycles. The van der Waals surface area contributed by atoms with Crippen LogP contribution in [0.15, 0.2) is 54.6 Å². The molecule has 0 aromatic heterocycles. The van der Waals surface area contributed by atoms with E-state index in [-0.39, 0.29) is 30.3 Å². The van der Waals surface area contributed by atoms with Gasteiger partial charge in [-0.15, -0.1) is 0 Å². The van der Waals surface area contributed by atoms with E-state index in [1.165, 1.54) is 24.3 Å². The molecule has 25 heavy (non-hydrogen) atoms. The van der Waals surface area contributed by atoms with Crippen LogP contribution in [0.2, 0.25) is 0 Å². The topological polar surface area (TPSA) is 98.5 Å². The van der Waals surface area contributed by atoms with Gasteiger partial charge < -0.3 is 10.1 Å². The van der Waals surface area contributed by atoms with Crippen LogP contribution in [0.25, 0.3) is 0 Å². The van der Waals surface area contributed by atoms with Gasteiger partial charge in [0.15, 0.2) is 0 Å². The zero-order valence-corrected chi connectivity index (χ0v) is 13.7. The Morgan fingerprint density at radius 1 is 1.12 bits per heavy atom. The van der Waals surface area contributed by atoms with E-state index in [9.17, 15) is 19.7 Å². The lowest BCUT2D eigenvalue weighted by Gasteiger charge is -2.13. The third kappa shape index (κ3) is 5.42. The van der Waals surface area contributed by atoms with Crippen LogP contribution in [0.5, 0.6) is 0 Å². The lowest BCUT2D eigenvalue weighted by molar-refractivity contribution is -0.384. The molecule has 0 aliphatic heterocycles. The van der Waals surface area contributed by atoms with E-state index in [1.54, 1.807) is 6.92 Å². The van der Waals surface area contributed by atoms with Gasteiger partial charge in [0.1, 0.15) is 6.10 Å². The van der Waals surface area contributed by atoms with E-state index in [0.29, 0.717) is 0 Å². The Bertz CT molecular complexity index is 744. The van der Waals surface area contributed by atoms with Crippen molar-refractivity contribution in [2.75, 3.05) is 6.54 Å². The number of hydrogen-bond donors (Lipinski definition) is 1. The molecule has 0 saturated heterocycles. The second-order valence-corrected chi connectivity index (χ2v) is 5.35. The average molecular weight is 342 g/mol. The Morgan fingerprint density at radius 3 is 2.36 bits per heavy atom. The largest absolute Gasteiger partial charge is 0.458 e. The summed E-state index contributed by atoms with van der Waals surface area (Å²) in [6.45, 7) is 1.90. The van der Waals surface area contributed by atoms with Crippen LogP contribution in [-0.4, -0.2) is 23.3 Å². The Labute approximate surface area is 144 Å². The molecule has 0 aliphatic carbocycles. The highest BCUT2D eigenvalue weighted by Gasteiger charge is 2.13. The summed E-state index contributed by atoms with van der Waals surface area (Å²) >= 11 is 0. The Morgan fingerprint density at radius 2 is 1.76 bits per heavy atom. The van der Waals surface area contributed by atoms with Gasteiger partial charge in [0.25, 0.3) is 11.6 Å². The number of hydrogen-bond acceptors (Lipinski definition) is 5. The molecule has 1 N–H and O–H groups in total. The predicted molar refractivity (Wildman–Crippen MR) is 91.0 cm³/mol. The minimum absolute atomic E-state index is 0.0376. The van der Waals surface area contributed by atoms with Crippen molar-refractivity contribution in [1.29, 1.82) is 0 Å². The molecule has 2 aromatic rings. The number of carbonyl (C=O) groups excluding carboxylic acids is 2. The molecular weight excluding hydrogens is 324 g/mol. The Kier molecular flexibility index (Phi) is 6.22. The van der Waals surface area contributed by atoms with E-state index in [1.807, 2.05) is 30.3 Å². The quantitative estimate of drug-likeness (QED) is 0.474. The van der Waals surface area contributed by atoms with Crippen LogP contribution in [0.4, 0.5) is 5.69 Å². The number of nitro groups is 1. The highest BCUT2D eigenvalue weighted by Crippen LogP contribution is 2.16. The first-order chi connectivity index (χ1) is 12.0. The lowest BCUT2D eigenvalue weighted by atomic mass is 10.1. The van der Waals surface area contributed by atoms with Gasteiger partial charge in [0.2, 0.25) is 0 Å². The van der Waals surface area contributed by atoms with E-state index >= 15 is 0 Å². The number of ether oxygens (including phenoxy) is 1. The molecule has 0 aliphatic rings. The van der Waals surface area contributed by atoms with Gasteiger partial charge in [0, 0.05) is 24.2 Å². The summed E-state index contributed by atoms with van der Waals surface area (Å²) < 4.78 is 5.30. The number of nitro benzene ring substituents is 1. The molecule has 0 fully saturated rings. The number of non-ortho nitro benzene ring substituents is 1. The van der Waals surface area contributed by atoms with Crippen molar-refractivity contribution < 1.29 is 19.2 Å². The maximum atomic E-state index is 11.9. The summed E-state index contributed by atoms with van der Waals surface area (Å²) in [5.74, 6) is -0.820. The fraction of sp³-hybridized carbons (Fsp3) is 0.222. The fourth-order valence-corrected chi connectivity index (χ4v) is 2.16. The Balaban J connectivity index is 1.76. The second-order valence-electron chi connectivity index (χ2n) is 5.35. The molecule has 0 spiro atoms. The normalized spacial score (nSPS) is 11.4. The van der Waals surface area contributed by atoms with Crippen molar-refractivity contribution in [3.8, 4) is 0 Å². The molecule has 0 unspecified atom stereocenters. The summed E-state index contributed by atoms with van der Waals surface area (Å²) in [5, 5.41) is 13.2. The van der Waals surface area contributed by atoms with Crippen molar-refractivity contribution >= 4 is 17.6 Å². The van der Waals surface area contributed by atoms with E-state index in [4.69, 9.17) is 4.74 Å². The molecule has 0 radical (unpaired) electrons. The SMILES string of the molecule is C[C@H](OC(=O)CCNC(=O)c1ccc([N+](=O)[O-])cc1)c1ccccc1. The van der Waals surface area contributed by atoms with Gasteiger partial charge >= 0.3 is 5.97 Å². The van der Waals surface area contributed by atoms with E-state index in [2.05, 4.69) is 5.32 Å². The molecule has 1 atom stereocenters. The molecule has 0 bridgehead atoms. The van der Waals surface area contributed by atoms with Crippen molar-refractivity contribution in [2.45, 2.75) is 19.4 Å². The molecule has 2 aromatic carbocycles. The van der Waals surface area contributed by atoms with Crippen molar-refractivity contribution in [3.63, 3.8) is 0 Å². The van der Waals surface area contributed by atoms with Crippen LogP contribution in [0.1, 0.15) is 35.4 Å². The number of rotatable bonds is 7. The molecule has 7 heteroatoms. The number of amides is 1. The molecule has 1 amide bonds. The third-order valence-electron chi connectivity index (χ3n) is 3.53. The number of nitrogens with zero attached hydrogens (tertiary/aromatic N) is 1. The smallest absolute Gasteiger partial charge is 0.308 e. The van der Waals surface area contributed by atoms with Crippen molar-refractivity contribution in [3.05, 3.63) is 75.8 Å². The first-order valence-electron chi connectivity index (χ1n) is 7.74. The summed E-state index contributed by atoms with van der Waals surface area (Å²) in [6, 6.07) is 14.6. The number of carbonyl (C=O) groups is 2. The third-order valence-corrected chi connectivity index (χ3v) is 3.53. The minimum atomic E-state index is -0.536. The predicted octanol–water partition coefficient (Wildman–Crippen LogP) is 3.02. The van der Waals surface area contributed by atoms with Crippen LogP contribution in [-0.2, 0) is 9.53 Å². The second kappa shape index (κ2) is 8.58. The van der Waals surface area contributed by atoms with Gasteiger partial charge in [-0.2, -0.15) is 0 Å². The zero-order valence-electron chi connectivity index (χ0n) is 13.7. The monoisotopic (exact) mass is 342 g/mol. The molecule has 2 rings (SSSR count). The summed E-state index contributed by atoms with van der Waals surface area (Å²) in [6.07, 6.45) is -0.324. The first-order valence-corrected chi connectivity index (χ1v) is 7.74. The zero-order chi connectivity index (χ0) is 18.2. The van der Waals surface area contributed by atoms with Gasteiger partial charge in [-0.3, -0.25) is 19.7 Å². The van der Waals surface area contributed by atoms with Crippen molar-refractivity contribution in [2.24, 2.45) is 0 Å². The number of benzene rings is 2. The van der Waals surface area contributed by atoms with E-state index in [0.717, 1.165) is 5.56 Å². The number of nitrogens with one attached hydrogen (secondary N) is 1. The molecular formula is C18H18N2O5. The standard InChI is InChI=1S/C18H18N2O5/c1-13(14-5-3-2-4-6-14)25-17(21)11-12-19-18(22)15-7-9-16(10-8-15)20(23)24/h2-10,13H,11-12H2,1H3,(H,19,22)/t13-/m0/s1. The van der Waals surface area contributed by atoms with E-state index < -0.39 is 16.8 Å². The highest BCUT2D eigenvalue weighted by molar-refractivity contribution is 5.94. The fourth-order valence-electron chi connectivity index (χ4n) is 2.16. The van der Waals surface area contributed by atoms with Gasteiger partial charge in [-0.25, -0.2) is 0 Å². The maximum absolute atomic E-state index is 11.9. The summed E-state index contributed by atoms with van der Waals surface area (Å²) in [5.41, 5.74) is 1.09. The summed E-state index contributed by atoms with van der Waals surface area (Å²) in [7, 11) is 0. The number of esters is 1. The Hall–Kier alpha value is -3.22. The van der Waals surface area contributed by atoms with Crippen LogP contribution in [0, 0.1) is 10.1 Å². The molecule has 0 heterocycles. The minimum Gasteiger partial charge on any atom is -0.458 e. The van der Waals surface area contributed by atoms with Gasteiger partial charge in [-0.05, 0) is 24.6 Å². The maximum Gasteiger partial charge on any atom is 0.308 e. The van der Waals surface area contributed by atoms with Crippen molar-refractivity contribution in [1.82, 2.24) is 5.32 Å².